The maximum atomic E-state index is 6.04. The number of nitrogens with zero attached hydrogens (tertiary/aromatic N) is 1. The molecule has 0 aliphatic heterocycles. The number of benzene rings is 1. The van der Waals surface area contributed by atoms with Gasteiger partial charge in [0.05, 0.1) is 16.6 Å². The van der Waals surface area contributed by atoms with Gasteiger partial charge in [0.2, 0.25) is 0 Å². The molecular formula is C15H17ClN2OS. The van der Waals surface area contributed by atoms with Crippen LogP contribution < -0.4 is 10.1 Å². The number of hydrogen-bond acceptors (Lipinski definition) is 4. The van der Waals surface area contributed by atoms with Gasteiger partial charge in [-0.1, -0.05) is 23.7 Å². The first-order valence-electron chi connectivity index (χ1n) is 6.85. The van der Waals surface area contributed by atoms with Gasteiger partial charge >= 0.3 is 0 Å². The molecule has 106 valence electrons. The SMILES string of the molecule is Clc1ccccc1OCCc1ncc(CNC2CC2)s1. The molecule has 1 fully saturated rings. The van der Waals surface area contributed by atoms with Crippen molar-refractivity contribution >= 4 is 22.9 Å². The van der Waals surface area contributed by atoms with Gasteiger partial charge in [-0.2, -0.15) is 0 Å². The number of nitrogens with one attached hydrogen (secondary N) is 1. The molecule has 0 radical (unpaired) electrons. The molecule has 1 aliphatic carbocycles. The van der Waals surface area contributed by atoms with Crippen molar-refractivity contribution in [1.82, 2.24) is 10.3 Å². The van der Waals surface area contributed by atoms with E-state index in [0.29, 0.717) is 11.6 Å². The second-order valence-electron chi connectivity index (χ2n) is 4.90. The highest BCUT2D eigenvalue weighted by atomic mass is 35.5. The molecule has 1 aliphatic rings. The fourth-order valence-electron chi connectivity index (χ4n) is 1.89. The normalized spacial score (nSPS) is 14.4. The van der Waals surface area contributed by atoms with Crippen molar-refractivity contribution in [3.8, 4) is 5.75 Å². The Kier molecular flexibility index (Phi) is 4.55. The lowest BCUT2D eigenvalue weighted by Crippen LogP contribution is -2.14. The van der Waals surface area contributed by atoms with Crippen LogP contribution >= 0.6 is 22.9 Å². The Balaban J connectivity index is 1.45. The van der Waals surface area contributed by atoms with E-state index >= 15 is 0 Å². The highest BCUT2D eigenvalue weighted by Gasteiger charge is 2.20. The summed E-state index contributed by atoms with van der Waals surface area (Å²) in [5, 5.41) is 5.27. The second-order valence-corrected chi connectivity index (χ2v) is 6.51. The van der Waals surface area contributed by atoms with Gasteiger partial charge in [-0.25, -0.2) is 4.98 Å². The third-order valence-electron chi connectivity index (χ3n) is 3.15. The van der Waals surface area contributed by atoms with E-state index in [-0.39, 0.29) is 0 Å². The molecule has 5 heteroatoms. The van der Waals surface area contributed by atoms with E-state index < -0.39 is 0 Å². The van der Waals surface area contributed by atoms with E-state index in [4.69, 9.17) is 16.3 Å². The topological polar surface area (TPSA) is 34.1 Å². The van der Waals surface area contributed by atoms with Crippen molar-refractivity contribution < 1.29 is 4.74 Å². The Morgan fingerprint density at radius 2 is 2.20 bits per heavy atom. The van der Waals surface area contributed by atoms with E-state index in [2.05, 4.69) is 10.3 Å². The van der Waals surface area contributed by atoms with Crippen molar-refractivity contribution in [2.45, 2.75) is 31.8 Å². The van der Waals surface area contributed by atoms with Crippen LogP contribution in [-0.4, -0.2) is 17.6 Å². The Morgan fingerprint density at radius 1 is 1.35 bits per heavy atom. The number of aromatic nitrogens is 1. The lowest BCUT2D eigenvalue weighted by molar-refractivity contribution is 0.322. The summed E-state index contributed by atoms with van der Waals surface area (Å²) in [6.07, 6.45) is 5.42. The first-order chi connectivity index (χ1) is 9.81. The zero-order chi connectivity index (χ0) is 13.8. The van der Waals surface area contributed by atoms with Crippen LogP contribution in [0.15, 0.2) is 30.5 Å². The Hall–Kier alpha value is -1.10. The van der Waals surface area contributed by atoms with Crippen LogP contribution in [0.2, 0.25) is 5.02 Å². The number of rotatable bonds is 7. The lowest BCUT2D eigenvalue weighted by atomic mass is 10.3. The Bertz CT molecular complexity index is 569. The monoisotopic (exact) mass is 308 g/mol. The molecule has 1 aromatic heterocycles. The van der Waals surface area contributed by atoms with Gasteiger partial charge < -0.3 is 10.1 Å². The minimum atomic E-state index is 0.604. The molecule has 3 nitrogen and oxygen atoms in total. The number of ether oxygens (including phenoxy) is 1. The third-order valence-corrected chi connectivity index (χ3v) is 4.52. The summed E-state index contributed by atoms with van der Waals surface area (Å²) in [5.41, 5.74) is 0. The van der Waals surface area contributed by atoms with Crippen LogP contribution in [0.3, 0.4) is 0 Å². The minimum absolute atomic E-state index is 0.604. The maximum absolute atomic E-state index is 6.04. The number of halogens is 1. The van der Waals surface area contributed by atoms with Gasteiger partial charge in [0, 0.05) is 30.1 Å². The summed E-state index contributed by atoms with van der Waals surface area (Å²) in [4.78, 5) is 5.73. The molecule has 2 aromatic rings. The van der Waals surface area contributed by atoms with Gasteiger partial charge in [-0.3, -0.25) is 0 Å². The highest BCUT2D eigenvalue weighted by molar-refractivity contribution is 7.11. The van der Waals surface area contributed by atoms with Crippen molar-refractivity contribution in [3.63, 3.8) is 0 Å². The fraction of sp³-hybridized carbons (Fsp3) is 0.400. The lowest BCUT2D eigenvalue weighted by Gasteiger charge is -2.06. The molecule has 20 heavy (non-hydrogen) atoms. The molecule has 1 saturated carbocycles. The van der Waals surface area contributed by atoms with Gasteiger partial charge in [0.15, 0.2) is 0 Å². The molecular weight excluding hydrogens is 292 g/mol. The summed E-state index contributed by atoms with van der Waals surface area (Å²) in [7, 11) is 0. The average Bonchev–Trinajstić information content (AvgIpc) is 3.18. The van der Waals surface area contributed by atoms with Crippen LogP contribution in [0.4, 0.5) is 0 Å². The van der Waals surface area contributed by atoms with E-state index in [9.17, 15) is 0 Å². The largest absolute Gasteiger partial charge is 0.492 e. The van der Waals surface area contributed by atoms with Crippen LogP contribution in [0.1, 0.15) is 22.7 Å². The van der Waals surface area contributed by atoms with Crippen LogP contribution in [0, 0.1) is 0 Å². The van der Waals surface area contributed by atoms with E-state index in [1.54, 1.807) is 11.3 Å². The molecule has 0 unspecified atom stereocenters. The van der Waals surface area contributed by atoms with Gasteiger partial charge in [0.1, 0.15) is 5.75 Å². The minimum Gasteiger partial charge on any atom is -0.492 e. The van der Waals surface area contributed by atoms with Crippen molar-refractivity contribution in [1.29, 1.82) is 0 Å². The fourth-order valence-corrected chi connectivity index (χ4v) is 2.93. The highest BCUT2D eigenvalue weighted by Crippen LogP contribution is 2.24. The average molecular weight is 309 g/mol. The van der Waals surface area contributed by atoms with Crippen molar-refractivity contribution in [2.24, 2.45) is 0 Å². The Morgan fingerprint density at radius 3 is 3.00 bits per heavy atom. The van der Waals surface area contributed by atoms with Gasteiger partial charge in [-0.05, 0) is 25.0 Å². The van der Waals surface area contributed by atoms with Gasteiger partial charge in [-0.15, -0.1) is 11.3 Å². The number of para-hydroxylation sites is 1. The van der Waals surface area contributed by atoms with E-state index in [1.165, 1.54) is 17.7 Å². The standard InChI is InChI=1S/C15H17ClN2OS/c16-13-3-1-2-4-14(13)19-8-7-15-18-10-12(20-15)9-17-11-5-6-11/h1-4,10-11,17H,5-9H2. The summed E-state index contributed by atoms with van der Waals surface area (Å²) in [6.45, 7) is 1.54. The predicted molar refractivity (Wildman–Crippen MR) is 82.6 cm³/mol. The van der Waals surface area contributed by atoms with Crippen LogP contribution in [0.25, 0.3) is 0 Å². The second kappa shape index (κ2) is 6.57. The van der Waals surface area contributed by atoms with Crippen LogP contribution in [-0.2, 0) is 13.0 Å². The quantitative estimate of drug-likeness (QED) is 0.847. The van der Waals surface area contributed by atoms with Crippen LogP contribution in [0.5, 0.6) is 5.75 Å². The Labute approximate surface area is 127 Å². The summed E-state index contributed by atoms with van der Waals surface area (Å²) < 4.78 is 5.68. The molecule has 0 atom stereocenters. The molecule has 1 aromatic carbocycles. The molecule has 1 heterocycles. The summed E-state index contributed by atoms with van der Waals surface area (Å²) in [5.74, 6) is 0.737. The number of hydrogen-bond donors (Lipinski definition) is 1. The summed E-state index contributed by atoms with van der Waals surface area (Å²) in [6, 6.07) is 8.28. The van der Waals surface area contributed by atoms with Gasteiger partial charge in [0.25, 0.3) is 0 Å². The molecule has 0 amide bonds. The van der Waals surface area contributed by atoms with E-state index in [1.807, 2.05) is 30.5 Å². The first-order valence-corrected chi connectivity index (χ1v) is 8.05. The molecule has 0 bridgehead atoms. The first kappa shape index (κ1) is 13.9. The third kappa shape index (κ3) is 3.95. The van der Waals surface area contributed by atoms with Crippen molar-refractivity contribution in [3.05, 3.63) is 45.4 Å². The smallest absolute Gasteiger partial charge is 0.137 e. The van der Waals surface area contributed by atoms with Crippen molar-refractivity contribution in [2.75, 3.05) is 6.61 Å². The molecule has 1 N–H and O–H groups in total. The zero-order valence-corrected chi connectivity index (χ0v) is 12.7. The zero-order valence-electron chi connectivity index (χ0n) is 11.1. The van der Waals surface area contributed by atoms with E-state index in [0.717, 1.165) is 29.8 Å². The summed E-state index contributed by atoms with van der Waals surface area (Å²) >= 11 is 7.80. The number of thiazole rings is 1. The molecule has 0 spiro atoms. The molecule has 0 saturated heterocycles. The molecule has 3 rings (SSSR count). The predicted octanol–water partition coefficient (Wildman–Crippen LogP) is 3.67. The maximum Gasteiger partial charge on any atom is 0.137 e.